The number of rotatable bonds is 10. The van der Waals surface area contributed by atoms with E-state index in [-0.39, 0.29) is 25.2 Å². The normalized spacial score (nSPS) is 27.6. The summed E-state index contributed by atoms with van der Waals surface area (Å²) in [5.74, 6) is -0.623. The largest absolute Gasteiger partial charge is 0.394 e. The molecule has 13 heteroatoms. The zero-order valence-electron chi connectivity index (χ0n) is 19.6. The van der Waals surface area contributed by atoms with Gasteiger partial charge in [-0.3, -0.25) is 0 Å². The Morgan fingerprint density at radius 3 is 2.75 bits per heavy atom. The second-order valence-corrected chi connectivity index (χ2v) is 10.2. The standard InChI is InChI=1S/C23H28F2N6O4S/c1-2-7-36-23-27-21(26-15-10-17(35-6-5-32)20(34)19(15)33)18-22(28-23)31(30-29-18)16-9-12(16)11-3-4-13(24)14(25)8-11/h3-4,8,12,15-17,19-20,32-34H,2,5-7,9-10H2,1H3,(H,26,27,28). The molecule has 0 saturated heterocycles. The van der Waals surface area contributed by atoms with Crippen molar-refractivity contribution in [3.05, 3.63) is 35.4 Å². The van der Waals surface area contributed by atoms with Crippen LogP contribution in [0.15, 0.2) is 23.4 Å². The van der Waals surface area contributed by atoms with E-state index in [9.17, 15) is 19.0 Å². The van der Waals surface area contributed by atoms with Gasteiger partial charge in [-0.25, -0.2) is 23.4 Å². The van der Waals surface area contributed by atoms with Crippen LogP contribution in [0.4, 0.5) is 14.6 Å². The van der Waals surface area contributed by atoms with Gasteiger partial charge >= 0.3 is 0 Å². The lowest BCUT2D eigenvalue weighted by atomic mass is 10.1. The van der Waals surface area contributed by atoms with Crippen molar-refractivity contribution in [2.45, 2.75) is 67.7 Å². The van der Waals surface area contributed by atoms with Gasteiger partial charge in [-0.15, -0.1) is 5.10 Å². The fourth-order valence-electron chi connectivity index (χ4n) is 4.62. The van der Waals surface area contributed by atoms with E-state index in [0.29, 0.717) is 40.5 Å². The van der Waals surface area contributed by atoms with E-state index in [1.165, 1.54) is 17.8 Å². The molecule has 10 nitrogen and oxygen atoms in total. The summed E-state index contributed by atoms with van der Waals surface area (Å²) >= 11 is 1.48. The summed E-state index contributed by atoms with van der Waals surface area (Å²) < 4.78 is 34.3. The highest BCUT2D eigenvalue weighted by Crippen LogP contribution is 2.52. The second-order valence-electron chi connectivity index (χ2n) is 9.09. The Morgan fingerprint density at radius 2 is 2.00 bits per heavy atom. The summed E-state index contributed by atoms with van der Waals surface area (Å²) in [5, 5.41) is 42.2. The number of aromatic nitrogens is 5. The molecule has 0 aliphatic heterocycles. The number of nitrogens with one attached hydrogen (secondary N) is 1. The molecule has 2 saturated carbocycles. The third kappa shape index (κ3) is 4.90. The Bertz CT molecular complexity index is 1230. The molecule has 4 N–H and O–H groups in total. The summed E-state index contributed by atoms with van der Waals surface area (Å²) in [6.07, 6.45) is -0.938. The third-order valence-electron chi connectivity index (χ3n) is 6.56. The Balaban J connectivity index is 1.43. The lowest BCUT2D eigenvalue weighted by Gasteiger charge is -2.18. The molecular formula is C23H28F2N6O4S. The SMILES string of the molecule is CCCSc1nc(NC2CC(OCCO)C(O)C2O)c2nnn(C3CC3c3ccc(F)c(F)c3)c2n1. The van der Waals surface area contributed by atoms with Crippen LogP contribution in [0.3, 0.4) is 0 Å². The number of ether oxygens (including phenoxy) is 1. The van der Waals surface area contributed by atoms with Gasteiger partial charge in [-0.05, 0) is 37.0 Å². The zero-order valence-corrected chi connectivity index (χ0v) is 20.4. The third-order valence-corrected chi connectivity index (χ3v) is 7.61. The summed E-state index contributed by atoms with van der Waals surface area (Å²) in [6, 6.07) is 3.25. The van der Waals surface area contributed by atoms with Crippen molar-refractivity contribution in [3.63, 3.8) is 0 Å². The van der Waals surface area contributed by atoms with Gasteiger partial charge in [0, 0.05) is 11.7 Å². The number of hydrogen-bond donors (Lipinski definition) is 4. The van der Waals surface area contributed by atoms with Crippen LogP contribution < -0.4 is 5.32 Å². The van der Waals surface area contributed by atoms with Gasteiger partial charge in [0.1, 0.15) is 12.2 Å². The van der Waals surface area contributed by atoms with Gasteiger partial charge in [0.25, 0.3) is 0 Å². The molecule has 194 valence electrons. The minimum Gasteiger partial charge on any atom is -0.394 e. The first kappa shape index (κ1) is 25.2. The number of aliphatic hydroxyl groups excluding tert-OH is 3. The average molecular weight is 523 g/mol. The van der Waals surface area contributed by atoms with E-state index in [1.54, 1.807) is 10.7 Å². The van der Waals surface area contributed by atoms with Crippen molar-refractivity contribution >= 4 is 28.7 Å². The highest BCUT2D eigenvalue weighted by atomic mass is 32.2. The van der Waals surface area contributed by atoms with Gasteiger partial charge in [0.15, 0.2) is 33.8 Å². The monoisotopic (exact) mass is 522 g/mol. The summed E-state index contributed by atoms with van der Waals surface area (Å²) in [5.41, 5.74) is 1.60. The Kier molecular flexibility index (Phi) is 7.35. The molecule has 0 radical (unpaired) electrons. The molecule has 0 amide bonds. The second kappa shape index (κ2) is 10.5. The average Bonchev–Trinajstić information content (AvgIpc) is 3.48. The number of benzene rings is 1. The summed E-state index contributed by atoms with van der Waals surface area (Å²) in [7, 11) is 0. The molecule has 6 unspecified atom stereocenters. The quantitative estimate of drug-likeness (QED) is 0.231. The smallest absolute Gasteiger partial charge is 0.191 e. The van der Waals surface area contributed by atoms with Gasteiger partial charge in [-0.2, -0.15) is 0 Å². The van der Waals surface area contributed by atoms with E-state index >= 15 is 0 Å². The van der Waals surface area contributed by atoms with Crippen molar-refractivity contribution in [2.75, 3.05) is 24.3 Å². The predicted octanol–water partition coefficient (Wildman–Crippen LogP) is 2.01. The molecule has 0 bridgehead atoms. The number of halogens is 2. The van der Waals surface area contributed by atoms with Crippen LogP contribution >= 0.6 is 11.8 Å². The molecular weight excluding hydrogens is 494 g/mol. The molecule has 1 aromatic carbocycles. The molecule has 2 aliphatic carbocycles. The lowest BCUT2D eigenvalue weighted by molar-refractivity contribution is -0.0612. The molecule has 2 heterocycles. The Labute approximate surface area is 210 Å². The fourth-order valence-corrected chi connectivity index (χ4v) is 5.32. The van der Waals surface area contributed by atoms with Crippen LogP contribution in [0.2, 0.25) is 0 Å². The first-order valence-electron chi connectivity index (χ1n) is 12.0. The van der Waals surface area contributed by atoms with Crippen LogP contribution in [0.1, 0.15) is 43.7 Å². The number of aliphatic hydroxyl groups is 3. The highest BCUT2D eigenvalue weighted by Gasteiger charge is 2.44. The first-order valence-corrected chi connectivity index (χ1v) is 13.0. The summed E-state index contributed by atoms with van der Waals surface area (Å²) in [4.78, 5) is 9.27. The molecule has 2 fully saturated rings. The molecule has 5 rings (SSSR count). The molecule has 0 spiro atoms. The number of nitrogens with zero attached hydrogens (tertiary/aromatic N) is 5. The maximum Gasteiger partial charge on any atom is 0.191 e. The fraction of sp³-hybridized carbons (Fsp3) is 0.565. The highest BCUT2D eigenvalue weighted by molar-refractivity contribution is 7.99. The van der Waals surface area contributed by atoms with Crippen molar-refractivity contribution in [2.24, 2.45) is 0 Å². The topological polar surface area (TPSA) is 138 Å². The molecule has 3 aromatic rings. The van der Waals surface area contributed by atoms with E-state index in [0.717, 1.165) is 18.2 Å². The van der Waals surface area contributed by atoms with Crippen LogP contribution in [0.25, 0.3) is 11.2 Å². The maximum absolute atomic E-state index is 13.8. The minimum absolute atomic E-state index is 0.0423. The Hall–Kier alpha value is -2.45. The van der Waals surface area contributed by atoms with Crippen LogP contribution in [0.5, 0.6) is 0 Å². The lowest BCUT2D eigenvalue weighted by Crippen LogP contribution is -2.36. The zero-order chi connectivity index (χ0) is 25.4. The van der Waals surface area contributed by atoms with Crippen LogP contribution in [-0.2, 0) is 4.74 Å². The van der Waals surface area contributed by atoms with Gasteiger partial charge in [-0.1, -0.05) is 30.0 Å². The molecule has 2 aromatic heterocycles. The maximum atomic E-state index is 13.8. The Morgan fingerprint density at radius 1 is 1.17 bits per heavy atom. The van der Waals surface area contributed by atoms with E-state index in [1.807, 2.05) is 0 Å². The summed E-state index contributed by atoms with van der Waals surface area (Å²) in [6.45, 7) is 1.93. The van der Waals surface area contributed by atoms with Crippen molar-refractivity contribution in [3.8, 4) is 0 Å². The number of fused-ring (bicyclic) bond motifs is 1. The van der Waals surface area contributed by atoms with Crippen LogP contribution in [-0.4, -0.2) is 83.6 Å². The van der Waals surface area contributed by atoms with E-state index < -0.39 is 36.0 Å². The minimum atomic E-state index is -1.11. The van der Waals surface area contributed by atoms with E-state index in [2.05, 4.69) is 32.5 Å². The molecule has 2 aliphatic rings. The van der Waals surface area contributed by atoms with Crippen molar-refractivity contribution in [1.29, 1.82) is 0 Å². The predicted molar refractivity (Wildman–Crippen MR) is 128 cm³/mol. The molecule has 36 heavy (non-hydrogen) atoms. The van der Waals surface area contributed by atoms with Crippen LogP contribution in [0, 0.1) is 11.6 Å². The number of hydrogen-bond acceptors (Lipinski definition) is 10. The molecule has 6 atom stereocenters. The van der Waals surface area contributed by atoms with Crippen molar-refractivity contribution in [1.82, 2.24) is 25.0 Å². The van der Waals surface area contributed by atoms with Gasteiger partial charge < -0.3 is 25.4 Å². The first-order chi connectivity index (χ1) is 17.4. The van der Waals surface area contributed by atoms with E-state index in [4.69, 9.17) is 9.84 Å². The van der Waals surface area contributed by atoms with Gasteiger partial charge in [0.2, 0.25) is 0 Å². The number of thioether (sulfide) groups is 1. The van der Waals surface area contributed by atoms with Gasteiger partial charge in [0.05, 0.1) is 31.4 Å². The number of anilines is 1. The van der Waals surface area contributed by atoms with Crippen molar-refractivity contribution < 1.29 is 28.8 Å².